The first-order valence-corrected chi connectivity index (χ1v) is 8.89. The van der Waals surface area contributed by atoms with Crippen LogP contribution in [0.15, 0.2) is 0 Å². The molecule has 0 bridgehead atoms. The summed E-state index contributed by atoms with van der Waals surface area (Å²) in [6.45, 7) is 2.90. The zero-order valence-electron chi connectivity index (χ0n) is 10.2. The summed E-state index contributed by atoms with van der Waals surface area (Å²) >= 11 is 5.39. The van der Waals surface area contributed by atoms with E-state index in [4.69, 9.17) is 21.1 Å². The SMILES string of the molecule is CC(C)(CS(=O)(=O)CCOCCS(=O)(=O)O)NCl. The number of sulfone groups is 1. The van der Waals surface area contributed by atoms with E-state index in [1.54, 1.807) is 13.8 Å². The molecule has 0 aromatic carbocycles. The lowest BCUT2D eigenvalue weighted by Crippen LogP contribution is -2.41. The minimum atomic E-state index is -4.07. The van der Waals surface area contributed by atoms with Crippen LogP contribution in [0.5, 0.6) is 0 Å². The van der Waals surface area contributed by atoms with Crippen LogP contribution in [0, 0.1) is 0 Å². The Morgan fingerprint density at radius 3 is 2.11 bits per heavy atom. The van der Waals surface area contributed by atoms with Gasteiger partial charge in [-0.05, 0) is 25.6 Å². The number of hydrogen-bond acceptors (Lipinski definition) is 6. The van der Waals surface area contributed by atoms with Gasteiger partial charge in [0.15, 0.2) is 9.84 Å². The van der Waals surface area contributed by atoms with Crippen LogP contribution in [0.4, 0.5) is 0 Å². The third-order valence-corrected chi connectivity index (χ3v) is 5.01. The summed E-state index contributed by atoms with van der Waals surface area (Å²) in [7, 11) is -7.43. The fraction of sp³-hybridized carbons (Fsp3) is 1.00. The topological polar surface area (TPSA) is 110 Å². The van der Waals surface area contributed by atoms with Crippen molar-refractivity contribution >= 4 is 31.7 Å². The maximum absolute atomic E-state index is 11.6. The van der Waals surface area contributed by atoms with Crippen LogP contribution in [-0.2, 0) is 24.7 Å². The van der Waals surface area contributed by atoms with Crippen LogP contribution in [0.1, 0.15) is 13.8 Å². The van der Waals surface area contributed by atoms with Crippen molar-refractivity contribution in [3.8, 4) is 0 Å². The summed E-state index contributed by atoms with van der Waals surface area (Å²) in [6, 6.07) is 0. The highest BCUT2D eigenvalue weighted by Crippen LogP contribution is 2.08. The quantitative estimate of drug-likeness (QED) is 0.344. The fourth-order valence-electron chi connectivity index (χ4n) is 1.10. The third kappa shape index (κ3) is 10.0. The Labute approximate surface area is 113 Å². The average molecular weight is 324 g/mol. The smallest absolute Gasteiger partial charge is 0.267 e. The molecule has 0 saturated heterocycles. The Balaban J connectivity index is 4.00. The minimum Gasteiger partial charge on any atom is -0.379 e. The van der Waals surface area contributed by atoms with Gasteiger partial charge in [-0.3, -0.25) is 4.55 Å². The molecule has 0 aliphatic carbocycles. The second kappa shape index (κ2) is 7.01. The van der Waals surface area contributed by atoms with Gasteiger partial charge in [-0.25, -0.2) is 13.3 Å². The Morgan fingerprint density at radius 1 is 1.17 bits per heavy atom. The highest BCUT2D eigenvalue weighted by atomic mass is 35.5. The van der Waals surface area contributed by atoms with E-state index in [0.717, 1.165) is 0 Å². The van der Waals surface area contributed by atoms with Crippen LogP contribution >= 0.6 is 11.8 Å². The van der Waals surface area contributed by atoms with Gasteiger partial charge in [0.2, 0.25) is 0 Å². The zero-order valence-corrected chi connectivity index (χ0v) is 12.6. The molecule has 10 heteroatoms. The van der Waals surface area contributed by atoms with E-state index >= 15 is 0 Å². The van der Waals surface area contributed by atoms with Crippen LogP contribution in [0.3, 0.4) is 0 Å². The second-order valence-corrected chi connectivity index (χ2v) is 8.41. The number of halogens is 1. The van der Waals surface area contributed by atoms with Gasteiger partial charge >= 0.3 is 0 Å². The molecular formula is C8H18ClNO6S2. The molecule has 0 aliphatic heterocycles. The van der Waals surface area contributed by atoms with Crippen LogP contribution in [-0.4, -0.2) is 57.4 Å². The first kappa shape index (κ1) is 18.1. The zero-order chi connectivity index (χ0) is 14.4. The summed E-state index contributed by atoms with van der Waals surface area (Å²) in [6.07, 6.45) is 0. The van der Waals surface area contributed by atoms with Crippen molar-refractivity contribution in [2.45, 2.75) is 19.4 Å². The molecule has 0 saturated carbocycles. The van der Waals surface area contributed by atoms with Crippen molar-refractivity contribution < 1.29 is 26.1 Å². The van der Waals surface area contributed by atoms with E-state index in [1.807, 2.05) is 0 Å². The molecule has 7 nitrogen and oxygen atoms in total. The molecule has 110 valence electrons. The Hall–Kier alpha value is 0.0700. The molecule has 0 unspecified atom stereocenters. The third-order valence-electron chi connectivity index (χ3n) is 1.86. The highest BCUT2D eigenvalue weighted by molar-refractivity contribution is 7.91. The summed E-state index contributed by atoms with van der Waals surface area (Å²) < 4.78 is 57.2. The van der Waals surface area contributed by atoms with Crippen molar-refractivity contribution in [1.29, 1.82) is 0 Å². The van der Waals surface area contributed by atoms with Crippen molar-refractivity contribution in [2.75, 3.05) is 30.5 Å². The summed E-state index contributed by atoms with van der Waals surface area (Å²) in [5.41, 5.74) is -0.755. The monoisotopic (exact) mass is 323 g/mol. The molecule has 2 N–H and O–H groups in total. The van der Waals surface area contributed by atoms with E-state index in [2.05, 4.69) is 4.84 Å². The van der Waals surface area contributed by atoms with Gasteiger partial charge < -0.3 is 4.74 Å². The Morgan fingerprint density at radius 2 is 1.67 bits per heavy atom. The fourth-order valence-corrected chi connectivity index (χ4v) is 3.26. The molecule has 0 aliphatic rings. The molecule has 18 heavy (non-hydrogen) atoms. The highest BCUT2D eigenvalue weighted by Gasteiger charge is 2.25. The number of nitrogens with one attached hydrogen (secondary N) is 1. The predicted octanol–water partition coefficient (Wildman–Crippen LogP) is -0.172. The van der Waals surface area contributed by atoms with Crippen LogP contribution in [0.2, 0.25) is 0 Å². The Bertz CT molecular complexity index is 444. The van der Waals surface area contributed by atoms with E-state index in [0.29, 0.717) is 0 Å². The molecule has 0 fully saturated rings. The van der Waals surface area contributed by atoms with Crippen molar-refractivity contribution in [1.82, 2.24) is 4.84 Å². The molecule has 0 aromatic heterocycles. The predicted molar refractivity (Wildman–Crippen MR) is 69.0 cm³/mol. The van der Waals surface area contributed by atoms with Crippen LogP contribution < -0.4 is 4.84 Å². The number of hydrogen-bond donors (Lipinski definition) is 2. The molecule has 0 aromatic rings. The van der Waals surface area contributed by atoms with Crippen molar-refractivity contribution in [3.05, 3.63) is 0 Å². The van der Waals surface area contributed by atoms with E-state index in [-0.39, 0.29) is 24.7 Å². The van der Waals surface area contributed by atoms with Crippen molar-refractivity contribution in [3.63, 3.8) is 0 Å². The lowest BCUT2D eigenvalue weighted by Gasteiger charge is -2.21. The maximum atomic E-state index is 11.6. The first-order chi connectivity index (χ1) is 7.97. The largest absolute Gasteiger partial charge is 0.379 e. The van der Waals surface area contributed by atoms with E-state index < -0.39 is 31.2 Å². The molecule has 0 radical (unpaired) electrons. The normalized spacial score (nSPS) is 13.8. The van der Waals surface area contributed by atoms with Gasteiger partial charge in [0, 0.05) is 5.54 Å². The molecule has 0 amide bonds. The summed E-state index contributed by atoms with van der Waals surface area (Å²) in [5, 5.41) is 0. The number of ether oxygens (including phenoxy) is 1. The van der Waals surface area contributed by atoms with Gasteiger partial charge in [0.1, 0.15) is 0 Å². The number of rotatable bonds is 9. The maximum Gasteiger partial charge on any atom is 0.267 e. The molecule has 0 atom stereocenters. The lowest BCUT2D eigenvalue weighted by molar-refractivity contribution is 0.163. The summed E-state index contributed by atoms with van der Waals surface area (Å²) in [5.74, 6) is -0.951. The van der Waals surface area contributed by atoms with Gasteiger partial charge in [-0.1, -0.05) is 0 Å². The van der Waals surface area contributed by atoms with Crippen molar-refractivity contribution in [2.24, 2.45) is 0 Å². The molecule has 0 spiro atoms. The lowest BCUT2D eigenvalue weighted by atomic mass is 10.1. The molecule has 0 rings (SSSR count). The van der Waals surface area contributed by atoms with E-state index in [1.165, 1.54) is 0 Å². The van der Waals surface area contributed by atoms with Crippen LogP contribution in [0.25, 0.3) is 0 Å². The Kier molecular flexibility index (Phi) is 7.04. The van der Waals surface area contributed by atoms with Gasteiger partial charge in [-0.2, -0.15) is 8.42 Å². The van der Waals surface area contributed by atoms with Gasteiger partial charge in [0.05, 0.1) is 30.5 Å². The van der Waals surface area contributed by atoms with E-state index in [9.17, 15) is 16.8 Å². The molecule has 0 heterocycles. The average Bonchev–Trinajstić information content (AvgIpc) is 2.13. The standard InChI is InChI=1S/C8H18ClNO6S2/c1-8(2,10-9)7-17(11,12)5-3-16-4-6-18(13,14)15/h10H,3-7H2,1-2H3,(H,13,14,15). The van der Waals surface area contributed by atoms with Gasteiger partial charge in [0.25, 0.3) is 10.1 Å². The second-order valence-electron chi connectivity index (χ2n) is 4.47. The van der Waals surface area contributed by atoms with Gasteiger partial charge in [-0.15, -0.1) is 0 Å². The summed E-state index contributed by atoms with van der Waals surface area (Å²) in [4.78, 5) is 2.36. The minimum absolute atomic E-state index is 0.129. The first-order valence-electron chi connectivity index (χ1n) is 5.09. The molecular weight excluding hydrogens is 306 g/mol.